The Morgan fingerprint density at radius 1 is 0.520 bits per heavy atom. The Labute approximate surface area is 303 Å². The molecule has 1 aliphatic rings. The lowest BCUT2D eigenvalue weighted by atomic mass is 10.00. The minimum atomic E-state index is -3.80. The number of benzene rings is 5. The third-order valence-electron chi connectivity index (χ3n) is 11.6. The van der Waals surface area contributed by atoms with Crippen LogP contribution in [0.25, 0.3) is 0 Å². The summed E-state index contributed by atoms with van der Waals surface area (Å²) in [6.07, 6.45) is 0.847. The Hall–Kier alpha value is -3.56. The van der Waals surface area contributed by atoms with E-state index in [4.69, 9.17) is 0 Å². The van der Waals surface area contributed by atoms with Gasteiger partial charge in [-0.05, 0) is 47.6 Å². The van der Waals surface area contributed by atoms with E-state index in [9.17, 15) is 0 Å². The maximum Gasteiger partial charge on any atom is 0.243 e. The van der Waals surface area contributed by atoms with Gasteiger partial charge in [0, 0.05) is 12.1 Å². The Kier molecular flexibility index (Phi) is 10.1. The Balaban J connectivity index is 1.53. The number of aryl methyl sites for hydroxylation is 1. The van der Waals surface area contributed by atoms with E-state index in [2.05, 4.69) is 163 Å². The van der Waals surface area contributed by atoms with Crippen molar-refractivity contribution in [1.29, 1.82) is 0 Å². The van der Waals surface area contributed by atoms with Crippen LogP contribution in [0, 0.1) is 6.92 Å². The molecule has 0 aromatic heterocycles. The van der Waals surface area contributed by atoms with Crippen molar-refractivity contribution in [1.82, 2.24) is 4.31 Å². The second-order valence-corrected chi connectivity index (χ2v) is 28.0. The van der Waals surface area contributed by atoms with Gasteiger partial charge < -0.3 is 0 Å². The lowest BCUT2D eigenvalue weighted by Crippen LogP contribution is -2.72. The Morgan fingerprint density at radius 3 is 1.10 bits per heavy atom. The smallest absolute Gasteiger partial charge is 0.207 e. The molecule has 6 rings (SSSR count). The predicted molar refractivity (Wildman–Crippen MR) is 217 cm³/mol. The van der Waals surface area contributed by atoms with Crippen molar-refractivity contribution < 1.29 is 8.42 Å². The predicted octanol–water partition coefficient (Wildman–Crippen LogP) is 8.25. The van der Waals surface area contributed by atoms with Crippen LogP contribution in [0.1, 0.15) is 53.5 Å². The van der Waals surface area contributed by atoms with Gasteiger partial charge in [-0.2, -0.15) is 4.31 Å². The van der Waals surface area contributed by atoms with E-state index in [1.807, 2.05) is 35.5 Å². The summed E-state index contributed by atoms with van der Waals surface area (Å²) in [6, 6.07) is 52.8. The molecule has 1 fully saturated rings. The number of hydrogen-bond donors (Lipinski definition) is 0. The average molecular weight is 716 g/mol. The van der Waals surface area contributed by atoms with Gasteiger partial charge in [0.25, 0.3) is 0 Å². The summed E-state index contributed by atoms with van der Waals surface area (Å²) >= 11 is 0. The molecule has 1 saturated heterocycles. The van der Waals surface area contributed by atoms with Gasteiger partial charge in [0.15, 0.2) is 0 Å². The van der Waals surface area contributed by atoms with E-state index in [1.54, 1.807) is 0 Å². The second kappa shape index (κ2) is 13.9. The summed E-state index contributed by atoms with van der Waals surface area (Å²) in [5.41, 5.74) is 1.06. The molecule has 5 aromatic carbocycles. The van der Waals surface area contributed by atoms with Crippen molar-refractivity contribution in [2.75, 3.05) is 0 Å². The monoisotopic (exact) mass is 715 g/mol. The van der Waals surface area contributed by atoms with Crippen molar-refractivity contribution in [2.24, 2.45) is 0 Å². The number of sulfonamides is 1. The van der Waals surface area contributed by atoms with Gasteiger partial charge in [0.2, 0.25) is 10.0 Å². The SMILES string of the molecule is Cc1ccc(S(=O)(=O)N2[C@@H](C[Si](c3ccccc3)(c3ccccc3)C(C)(C)C)C[C@@H]2C[Si](c2ccccc2)(c2ccccc2)C(C)(C)C)cc1. The molecule has 5 aromatic rings. The van der Waals surface area contributed by atoms with Crippen LogP contribution in [-0.2, 0) is 10.0 Å². The van der Waals surface area contributed by atoms with Crippen molar-refractivity contribution in [3.8, 4) is 0 Å². The second-order valence-electron chi connectivity index (χ2n) is 16.4. The first-order valence-electron chi connectivity index (χ1n) is 18.0. The molecule has 0 bridgehead atoms. The highest BCUT2D eigenvalue weighted by molar-refractivity contribution is 7.89. The molecule has 6 heteroatoms. The fourth-order valence-electron chi connectivity index (χ4n) is 9.00. The minimum Gasteiger partial charge on any atom is -0.207 e. The van der Waals surface area contributed by atoms with Crippen LogP contribution >= 0.6 is 0 Å². The van der Waals surface area contributed by atoms with Gasteiger partial charge in [-0.3, -0.25) is 0 Å². The van der Waals surface area contributed by atoms with E-state index >= 15 is 8.42 Å². The molecule has 260 valence electrons. The molecular weight excluding hydrogens is 663 g/mol. The lowest BCUT2D eigenvalue weighted by Gasteiger charge is -2.56. The number of rotatable bonds is 10. The van der Waals surface area contributed by atoms with Crippen LogP contribution in [0.5, 0.6) is 0 Å². The fourth-order valence-corrected chi connectivity index (χ4v) is 22.6. The summed E-state index contributed by atoms with van der Waals surface area (Å²) < 4.78 is 32.2. The van der Waals surface area contributed by atoms with E-state index < -0.39 is 26.2 Å². The maximum absolute atomic E-state index is 15.1. The Bertz CT molecular complexity index is 1780. The quantitative estimate of drug-likeness (QED) is 0.137. The van der Waals surface area contributed by atoms with Crippen LogP contribution in [-0.4, -0.2) is 41.0 Å². The van der Waals surface area contributed by atoms with Gasteiger partial charge in [-0.25, -0.2) is 8.42 Å². The molecule has 3 nitrogen and oxygen atoms in total. The normalized spacial score (nSPS) is 17.7. The van der Waals surface area contributed by atoms with Gasteiger partial charge in [-0.15, -0.1) is 0 Å². The van der Waals surface area contributed by atoms with Crippen LogP contribution in [0.2, 0.25) is 22.2 Å². The largest absolute Gasteiger partial charge is 0.243 e. The molecule has 1 heterocycles. The van der Waals surface area contributed by atoms with Gasteiger partial charge >= 0.3 is 0 Å². The van der Waals surface area contributed by atoms with Crippen LogP contribution in [0.15, 0.2) is 150 Å². The number of nitrogens with zero attached hydrogens (tertiary/aromatic N) is 1. The zero-order chi connectivity index (χ0) is 35.8. The highest BCUT2D eigenvalue weighted by atomic mass is 32.2. The molecule has 2 atom stereocenters. The molecule has 0 N–H and O–H groups in total. The average Bonchev–Trinajstić information content (AvgIpc) is 3.08. The molecule has 0 aliphatic carbocycles. The highest BCUT2D eigenvalue weighted by Crippen LogP contribution is 2.49. The van der Waals surface area contributed by atoms with Crippen LogP contribution < -0.4 is 20.7 Å². The van der Waals surface area contributed by atoms with Crippen molar-refractivity contribution >= 4 is 46.9 Å². The van der Waals surface area contributed by atoms with Gasteiger partial charge in [-0.1, -0.05) is 201 Å². The topological polar surface area (TPSA) is 37.4 Å². The molecule has 0 unspecified atom stereocenters. The molecule has 0 saturated carbocycles. The molecule has 0 amide bonds. The van der Waals surface area contributed by atoms with Gasteiger partial charge in [0.1, 0.15) is 16.1 Å². The molecular formula is C44H53NO2SSi2. The van der Waals surface area contributed by atoms with Gasteiger partial charge in [0.05, 0.1) is 4.90 Å². The lowest BCUT2D eigenvalue weighted by molar-refractivity contribution is 0.136. The zero-order valence-electron chi connectivity index (χ0n) is 30.8. The first-order chi connectivity index (χ1) is 23.7. The van der Waals surface area contributed by atoms with Crippen LogP contribution in [0.3, 0.4) is 0 Å². The molecule has 1 aliphatic heterocycles. The molecule has 0 radical (unpaired) electrons. The van der Waals surface area contributed by atoms with Crippen molar-refractivity contribution in [2.45, 2.75) is 94.0 Å². The summed E-state index contributed by atoms with van der Waals surface area (Å²) in [6.45, 7) is 16.2. The third kappa shape index (κ3) is 6.40. The molecule has 0 spiro atoms. The van der Waals surface area contributed by atoms with E-state index in [0.29, 0.717) is 4.90 Å². The van der Waals surface area contributed by atoms with Crippen molar-refractivity contribution in [3.63, 3.8) is 0 Å². The first kappa shape index (κ1) is 36.2. The van der Waals surface area contributed by atoms with Crippen molar-refractivity contribution in [3.05, 3.63) is 151 Å². The summed E-state index contributed by atoms with van der Waals surface area (Å²) in [5.74, 6) is 0. The summed E-state index contributed by atoms with van der Waals surface area (Å²) in [5, 5.41) is 5.31. The maximum atomic E-state index is 15.1. The fraction of sp³-hybridized carbons (Fsp3) is 0.318. The summed E-state index contributed by atoms with van der Waals surface area (Å²) in [7, 11) is -8.92. The standard InChI is InChI=1S/C44H53NO2SSi2/c1-35-28-30-38(31-29-35)48(46,47)45-36(33-49(43(2,3)4,39-20-12-8-13-21-39)40-22-14-9-15-23-40)32-37(45)34-50(44(5,6)7,41-24-16-10-17-25-41)42-26-18-11-19-27-42/h8-31,36-37H,32-34H2,1-7H3/t36-,37-/m1/s1. The third-order valence-corrected chi connectivity index (χ3v) is 26.2. The first-order valence-corrected chi connectivity index (χ1v) is 23.9. The number of hydrogen-bond acceptors (Lipinski definition) is 2. The van der Waals surface area contributed by atoms with Crippen LogP contribution in [0.4, 0.5) is 0 Å². The summed E-state index contributed by atoms with van der Waals surface area (Å²) in [4.78, 5) is 0.391. The van der Waals surface area contributed by atoms with E-state index in [1.165, 1.54) is 20.7 Å². The minimum absolute atomic E-state index is 0.0713. The Morgan fingerprint density at radius 2 is 0.820 bits per heavy atom. The van der Waals surface area contributed by atoms with E-state index in [0.717, 1.165) is 24.1 Å². The zero-order valence-corrected chi connectivity index (χ0v) is 33.6. The molecule has 50 heavy (non-hydrogen) atoms. The van der Waals surface area contributed by atoms with E-state index in [-0.39, 0.29) is 22.2 Å². The highest BCUT2D eigenvalue weighted by Gasteiger charge is 2.58.